The smallest absolute Gasteiger partial charge is 0.239 e. The van der Waals surface area contributed by atoms with Gasteiger partial charge in [-0.2, -0.15) is 0 Å². The number of likely N-dealkylation sites (N-methyl/N-ethyl adjacent to an activating group) is 1. The van der Waals surface area contributed by atoms with E-state index in [2.05, 4.69) is 27.7 Å². The molecule has 9 heteroatoms. The molecule has 0 bridgehead atoms. The topological polar surface area (TPSA) is 79.0 Å². The molecule has 3 heterocycles. The van der Waals surface area contributed by atoms with E-state index in [1.54, 1.807) is 23.3 Å². The van der Waals surface area contributed by atoms with Gasteiger partial charge in [0.2, 0.25) is 5.91 Å². The van der Waals surface area contributed by atoms with E-state index in [0.717, 1.165) is 26.3 Å². The van der Waals surface area contributed by atoms with Crippen LogP contribution < -0.4 is 5.32 Å². The highest BCUT2D eigenvalue weighted by Gasteiger charge is 2.34. The third-order valence-corrected chi connectivity index (χ3v) is 8.17. The molecular formula is C18H29N3O4S2. The fourth-order valence-corrected chi connectivity index (χ4v) is 6.36. The van der Waals surface area contributed by atoms with Crippen molar-refractivity contribution in [1.29, 1.82) is 0 Å². The quantitative estimate of drug-likeness (QED) is 0.708. The maximum atomic E-state index is 12.8. The summed E-state index contributed by atoms with van der Waals surface area (Å²) in [6.45, 7) is 5.75. The summed E-state index contributed by atoms with van der Waals surface area (Å²) >= 11 is 1.73. The molecule has 1 N–H and O–H groups in total. The summed E-state index contributed by atoms with van der Waals surface area (Å²) < 4.78 is 28.9. The third kappa shape index (κ3) is 5.29. The second-order valence-corrected chi connectivity index (χ2v) is 10.5. The Morgan fingerprint density at radius 3 is 2.78 bits per heavy atom. The zero-order valence-electron chi connectivity index (χ0n) is 16.0. The molecule has 1 aromatic rings. The molecule has 3 rings (SSSR count). The van der Waals surface area contributed by atoms with Crippen molar-refractivity contribution in [2.24, 2.45) is 0 Å². The van der Waals surface area contributed by atoms with E-state index in [9.17, 15) is 13.2 Å². The van der Waals surface area contributed by atoms with Crippen LogP contribution in [-0.2, 0) is 19.4 Å². The Morgan fingerprint density at radius 1 is 1.44 bits per heavy atom. The summed E-state index contributed by atoms with van der Waals surface area (Å²) in [7, 11) is -1.29. The molecule has 7 nitrogen and oxygen atoms in total. The molecule has 2 aliphatic rings. The summed E-state index contributed by atoms with van der Waals surface area (Å²) in [5.41, 5.74) is 0. The van der Waals surface area contributed by atoms with Crippen molar-refractivity contribution in [3.63, 3.8) is 0 Å². The number of thiophene rings is 1. The molecule has 1 aromatic heterocycles. The van der Waals surface area contributed by atoms with Crippen molar-refractivity contribution in [2.45, 2.75) is 31.5 Å². The number of nitrogens with zero attached hydrogens (tertiary/aromatic N) is 2. The first-order valence-electron chi connectivity index (χ1n) is 9.43. The lowest BCUT2D eigenvalue weighted by Crippen LogP contribution is -2.50. The number of carbonyl (C=O) groups is 1. The van der Waals surface area contributed by atoms with Crippen molar-refractivity contribution in [2.75, 3.05) is 51.4 Å². The predicted molar refractivity (Wildman–Crippen MR) is 107 cm³/mol. The van der Waals surface area contributed by atoms with Crippen LogP contribution in [0.15, 0.2) is 17.5 Å². The van der Waals surface area contributed by atoms with Gasteiger partial charge in [0.05, 0.1) is 36.8 Å². The Balaban J connectivity index is 1.58. The van der Waals surface area contributed by atoms with Gasteiger partial charge in [-0.25, -0.2) is 8.42 Å². The standard InChI is InChI=1S/C18H29N3O4S2/c1-14(18(22)20(2)15-5-11-27(23,24)13-15)19-12-16(17-4-3-10-26-17)21-6-8-25-9-7-21/h3-4,10,14-16,19H,5-9,11-13H2,1-2H3. The van der Waals surface area contributed by atoms with E-state index >= 15 is 0 Å². The van der Waals surface area contributed by atoms with Crippen LogP contribution in [0.25, 0.3) is 0 Å². The van der Waals surface area contributed by atoms with Gasteiger partial charge in [0, 0.05) is 37.6 Å². The highest BCUT2D eigenvalue weighted by Crippen LogP contribution is 2.25. The van der Waals surface area contributed by atoms with E-state index in [0.29, 0.717) is 13.0 Å². The lowest BCUT2D eigenvalue weighted by Gasteiger charge is -2.35. The van der Waals surface area contributed by atoms with Gasteiger partial charge in [-0.15, -0.1) is 11.3 Å². The second-order valence-electron chi connectivity index (χ2n) is 7.32. The van der Waals surface area contributed by atoms with Crippen molar-refractivity contribution in [3.8, 4) is 0 Å². The number of hydrogen-bond acceptors (Lipinski definition) is 7. The molecule has 0 radical (unpaired) electrons. The Hall–Kier alpha value is -1.00. The van der Waals surface area contributed by atoms with Gasteiger partial charge in [-0.3, -0.25) is 9.69 Å². The zero-order chi connectivity index (χ0) is 19.4. The molecule has 0 spiro atoms. The summed E-state index contributed by atoms with van der Waals surface area (Å²) in [5, 5.41) is 5.45. The summed E-state index contributed by atoms with van der Waals surface area (Å²) in [6, 6.07) is 3.83. The molecule has 0 saturated carbocycles. The number of nitrogens with one attached hydrogen (secondary N) is 1. The van der Waals surface area contributed by atoms with Gasteiger partial charge in [0.15, 0.2) is 9.84 Å². The largest absolute Gasteiger partial charge is 0.379 e. The SMILES string of the molecule is CC(NCC(c1cccs1)N1CCOCC1)C(=O)N(C)C1CCS(=O)(=O)C1. The Morgan fingerprint density at radius 2 is 2.19 bits per heavy atom. The second kappa shape index (κ2) is 9.00. The molecule has 0 aromatic carbocycles. The number of hydrogen-bond donors (Lipinski definition) is 1. The van der Waals surface area contributed by atoms with Crippen molar-refractivity contribution < 1.29 is 17.9 Å². The number of ether oxygens (including phenoxy) is 1. The molecule has 0 aliphatic carbocycles. The fourth-order valence-electron chi connectivity index (χ4n) is 3.72. The average molecular weight is 416 g/mol. The van der Waals surface area contributed by atoms with Crippen molar-refractivity contribution in [3.05, 3.63) is 22.4 Å². The monoisotopic (exact) mass is 415 g/mol. The maximum Gasteiger partial charge on any atom is 0.239 e. The average Bonchev–Trinajstić information content (AvgIpc) is 3.31. The highest BCUT2D eigenvalue weighted by atomic mass is 32.2. The van der Waals surface area contributed by atoms with Crippen LogP contribution in [0.2, 0.25) is 0 Å². The van der Waals surface area contributed by atoms with Gasteiger partial charge in [0.25, 0.3) is 0 Å². The molecular weight excluding hydrogens is 386 g/mol. The maximum absolute atomic E-state index is 12.8. The lowest BCUT2D eigenvalue weighted by atomic mass is 10.1. The summed E-state index contributed by atoms with van der Waals surface area (Å²) in [4.78, 5) is 18.0. The van der Waals surface area contributed by atoms with E-state index in [4.69, 9.17) is 4.74 Å². The number of morpholine rings is 1. The first-order chi connectivity index (χ1) is 12.9. The Kier molecular flexibility index (Phi) is 6.91. The number of amides is 1. The molecule has 152 valence electrons. The van der Waals surface area contributed by atoms with Crippen LogP contribution >= 0.6 is 11.3 Å². The van der Waals surface area contributed by atoms with Gasteiger partial charge in [0.1, 0.15) is 0 Å². The molecule has 27 heavy (non-hydrogen) atoms. The molecule has 2 fully saturated rings. The van der Waals surface area contributed by atoms with Crippen LogP contribution in [-0.4, -0.2) is 87.6 Å². The first-order valence-corrected chi connectivity index (χ1v) is 12.1. The van der Waals surface area contributed by atoms with Crippen molar-refractivity contribution in [1.82, 2.24) is 15.1 Å². The van der Waals surface area contributed by atoms with Gasteiger partial charge >= 0.3 is 0 Å². The van der Waals surface area contributed by atoms with Crippen LogP contribution in [0.4, 0.5) is 0 Å². The minimum Gasteiger partial charge on any atom is -0.379 e. The normalized spacial score (nSPS) is 25.2. The number of sulfone groups is 1. The van der Waals surface area contributed by atoms with Gasteiger partial charge in [-0.1, -0.05) is 6.07 Å². The number of carbonyl (C=O) groups excluding carboxylic acids is 1. The molecule has 3 unspecified atom stereocenters. The van der Waals surface area contributed by atoms with Crippen LogP contribution in [0.5, 0.6) is 0 Å². The molecule has 1 amide bonds. The van der Waals surface area contributed by atoms with Crippen LogP contribution in [0.3, 0.4) is 0 Å². The molecule has 2 aliphatic heterocycles. The fraction of sp³-hybridized carbons (Fsp3) is 0.722. The van der Waals surface area contributed by atoms with Crippen molar-refractivity contribution >= 4 is 27.1 Å². The predicted octanol–water partition coefficient (Wildman–Crippen LogP) is 0.745. The Bertz CT molecular complexity index is 717. The molecule has 3 atom stereocenters. The minimum atomic E-state index is -3.00. The summed E-state index contributed by atoms with van der Waals surface area (Å²) in [5.74, 6) is 0.200. The van der Waals surface area contributed by atoms with Gasteiger partial charge < -0.3 is 15.0 Å². The Labute approximate surface area is 165 Å². The van der Waals surface area contributed by atoms with E-state index in [-0.39, 0.29) is 35.5 Å². The summed E-state index contributed by atoms with van der Waals surface area (Å²) in [6.07, 6.45) is 0.531. The lowest BCUT2D eigenvalue weighted by molar-refractivity contribution is -0.133. The van der Waals surface area contributed by atoms with Crippen LogP contribution in [0.1, 0.15) is 24.3 Å². The molecule has 2 saturated heterocycles. The van der Waals surface area contributed by atoms with Crippen LogP contribution in [0, 0.1) is 0 Å². The van der Waals surface area contributed by atoms with E-state index in [1.165, 1.54) is 4.88 Å². The zero-order valence-corrected chi connectivity index (χ0v) is 17.6. The third-order valence-electron chi connectivity index (χ3n) is 5.45. The minimum absolute atomic E-state index is 0.0518. The van der Waals surface area contributed by atoms with Gasteiger partial charge in [-0.05, 0) is 24.8 Å². The number of rotatable bonds is 7. The van der Waals surface area contributed by atoms with E-state index < -0.39 is 9.84 Å². The first kappa shape index (κ1) is 20.7. The van der Waals surface area contributed by atoms with E-state index in [1.807, 2.05) is 6.92 Å². The highest BCUT2D eigenvalue weighted by molar-refractivity contribution is 7.91.